The highest BCUT2D eigenvalue weighted by Gasteiger charge is 2.67. The van der Waals surface area contributed by atoms with Crippen LogP contribution in [0.2, 0.25) is 0 Å². The van der Waals surface area contributed by atoms with Crippen LogP contribution in [0.25, 0.3) is 0 Å². The summed E-state index contributed by atoms with van der Waals surface area (Å²) in [7, 11) is -1.37. The van der Waals surface area contributed by atoms with E-state index in [9.17, 15) is 10.0 Å². The Morgan fingerprint density at radius 2 is 1.86 bits per heavy atom. The molecule has 4 nitrogen and oxygen atoms in total. The summed E-state index contributed by atoms with van der Waals surface area (Å²) in [5, 5.41) is 18.5. The molecule has 118 valence electrons. The second-order valence-corrected chi connectivity index (χ2v) is 7.20. The van der Waals surface area contributed by atoms with E-state index in [1.165, 1.54) is 12.1 Å². The number of likely N-dealkylation sites (tertiary alicyclic amines) is 1. The van der Waals surface area contributed by atoms with Crippen LogP contribution in [0.3, 0.4) is 0 Å². The number of ether oxygens (including phenoxy) is 1. The number of hydrogen-bond donors (Lipinski definition) is 2. The van der Waals surface area contributed by atoms with Crippen LogP contribution < -0.4 is 5.46 Å². The van der Waals surface area contributed by atoms with Crippen molar-refractivity contribution in [2.45, 2.75) is 31.2 Å². The lowest BCUT2D eigenvalue weighted by Crippen LogP contribution is -2.41. The fraction of sp³-hybridized carbons (Fsp3) is 0.647. The molecule has 0 unspecified atom stereocenters. The third-order valence-electron chi connectivity index (χ3n) is 6.32. The maximum atomic E-state index is 9.25. The number of hydrogen-bond acceptors (Lipinski definition) is 4. The van der Waals surface area contributed by atoms with Gasteiger partial charge in [0.05, 0.1) is 0 Å². The van der Waals surface area contributed by atoms with Crippen molar-refractivity contribution >= 4 is 12.6 Å². The number of piperidine rings is 1. The molecule has 2 N–H and O–H groups in total. The highest BCUT2D eigenvalue weighted by Crippen LogP contribution is 2.64. The molecule has 0 aromatic heterocycles. The average molecular weight is 301 g/mol. The van der Waals surface area contributed by atoms with E-state index in [-0.39, 0.29) is 5.41 Å². The molecule has 4 rings (SSSR count). The smallest absolute Gasteiger partial charge is 0.423 e. The fourth-order valence-electron chi connectivity index (χ4n) is 4.82. The van der Waals surface area contributed by atoms with Crippen LogP contribution >= 0.6 is 0 Å². The Morgan fingerprint density at radius 3 is 2.50 bits per heavy atom. The third kappa shape index (κ3) is 2.14. The molecule has 1 aromatic rings. The monoisotopic (exact) mass is 301 g/mol. The van der Waals surface area contributed by atoms with E-state index >= 15 is 0 Å². The third-order valence-corrected chi connectivity index (χ3v) is 6.32. The van der Waals surface area contributed by atoms with Crippen LogP contribution in [0.5, 0.6) is 0 Å². The summed E-state index contributed by atoms with van der Waals surface area (Å²) < 4.78 is 5.49. The first-order valence-corrected chi connectivity index (χ1v) is 8.41. The van der Waals surface area contributed by atoms with Crippen molar-refractivity contribution in [1.29, 1.82) is 0 Å². The second-order valence-electron chi connectivity index (χ2n) is 7.20. The first-order valence-electron chi connectivity index (χ1n) is 8.41. The summed E-state index contributed by atoms with van der Waals surface area (Å²) in [6.07, 6.45) is 2.32. The lowest BCUT2D eigenvalue weighted by atomic mass is 9.79. The van der Waals surface area contributed by atoms with Crippen LogP contribution in [0.1, 0.15) is 25.3 Å². The Bertz CT molecular complexity index is 543. The first kappa shape index (κ1) is 14.7. The van der Waals surface area contributed by atoms with Gasteiger partial charge in [0.15, 0.2) is 0 Å². The number of nitrogens with zero attached hydrogens (tertiary/aromatic N) is 1. The Labute approximate surface area is 132 Å². The van der Waals surface area contributed by atoms with Gasteiger partial charge in [0.1, 0.15) is 0 Å². The molecule has 3 aliphatic rings. The Balaban J connectivity index is 1.53. The minimum atomic E-state index is -1.37. The maximum absolute atomic E-state index is 9.25. The molecular weight excluding hydrogens is 277 g/mol. The van der Waals surface area contributed by atoms with Gasteiger partial charge in [-0.1, -0.05) is 31.2 Å². The van der Waals surface area contributed by atoms with Crippen LogP contribution in [-0.4, -0.2) is 54.4 Å². The molecule has 1 aromatic carbocycles. The maximum Gasteiger partial charge on any atom is 0.488 e. The van der Waals surface area contributed by atoms with Gasteiger partial charge in [-0.2, -0.15) is 0 Å². The largest absolute Gasteiger partial charge is 0.488 e. The van der Waals surface area contributed by atoms with E-state index in [4.69, 9.17) is 4.74 Å². The van der Waals surface area contributed by atoms with Gasteiger partial charge in [-0.15, -0.1) is 0 Å². The lowest BCUT2D eigenvalue weighted by molar-refractivity contribution is 0.0363. The van der Waals surface area contributed by atoms with Crippen LogP contribution in [-0.2, 0) is 10.2 Å². The minimum absolute atomic E-state index is 0.289. The van der Waals surface area contributed by atoms with Gasteiger partial charge in [0.25, 0.3) is 0 Å². The lowest BCUT2D eigenvalue weighted by Gasteiger charge is -2.34. The predicted molar refractivity (Wildman–Crippen MR) is 86.0 cm³/mol. The number of rotatable bonds is 3. The van der Waals surface area contributed by atoms with E-state index in [0.717, 1.165) is 44.4 Å². The number of fused-ring (bicyclic) bond motifs is 1. The predicted octanol–water partition coefficient (Wildman–Crippen LogP) is 0.365. The van der Waals surface area contributed by atoms with Gasteiger partial charge < -0.3 is 14.8 Å². The van der Waals surface area contributed by atoms with Crippen LogP contribution in [0.4, 0.5) is 0 Å². The Morgan fingerprint density at radius 1 is 1.18 bits per heavy atom. The molecule has 0 amide bonds. The van der Waals surface area contributed by atoms with Gasteiger partial charge in [-0.3, -0.25) is 4.90 Å². The van der Waals surface area contributed by atoms with Crippen molar-refractivity contribution < 1.29 is 14.8 Å². The zero-order chi connectivity index (χ0) is 15.3. The molecular formula is C17H24BNO3. The summed E-state index contributed by atoms with van der Waals surface area (Å²) in [5.74, 6) is 1.48. The molecule has 3 fully saturated rings. The fourth-order valence-corrected chi connectivity index (χ4v) is 4.82. The molecule has 0 spiro atoms. The Hall–Kier alpha value is -0.875. The molecule has 2 aliphatic heterocycles. The van der Waals surface area contributed by atoms with E-state index < -0.39 is 7.12 Å². The number of benzene rings is 1. The summed E-state index contributed by atoms with van der Waals surface area (Å²) in [6, 6.07) is 8.59. The van der Waals surface area contributed by atoms with Crippen LogP contribution in [0, 0.1) is 11.8 Å². The van der Waals surface area contributed by atoms with Gasteiger partial charge >= 0.3 is 7.12 Å². The van der Waals surface area contributed by atoms with E-state index in [0.29, 0.717) is 11.5 Å². The topological polar surface area (TPSA) is 52.9 Å². The van der Waals surface area contributed by atoms with E-state index in [1.807, 2.05) is 12.1 Å². The first-order chi connectivity index (χ1) is 10.6. The highest BCUT2D eigenvalue weighted by atomic mass is 16.5. The zero-order valence-corrected chi connectivity index (χ0v) is 13.1. The standard InChI is InChI=1S/C17H24BNO3/c1-12-16-10-19(15-6-8-22-9-7-15)11-17(12,16)13-2-4-14(5-3-13)18(20)21/h2-5,12,15-16,20-21H,6-11H2,1H3/t12-,16+,17-/m1/s1. The quantitative estimate of drug-likeness (QED) is 0.792. The molecule has 0 bridgehead atoms. The summed E-state index contributed by atoms with van der Waals surface area (Å²) >= 11 is 0. The molecule has 2 heterocycles. The second kappa shape index (κ2) is 5.34. The molecule has 2 saturated heterocycles. The molecule has 3 atom stereocenters. The van der Waals surface area contributed by atoms with Crippen molar-refractivity contribution in [1.82, 2.24) is 4.90 Å². The molecule has 22 heavy (non-hydrogen) atoms. The van der Waals surface area contributed by atoms with Crippen molar-refractivity contribution in [3.8, 4) is 0 Å². The molecule has 5 heteroatoms. The summed E-state index contributed by atoms with van der Waals surface area (Å²) in [5.41, 5.74) is 2.23. The SMILES string of the molecule is C[C@@H]1[C@@H]2CN(C3CCOCC3)C[C@]12c1ccc(B(O)O)cc1. The molecule has 1 aliphatic carbocycles. The average Bonchev–Trinajstić information content (AvgIpc) is 2.94. The minimum Gasteiger partial charge on any atom is -0.423 e. The summed E-state index contributed by atoms with van der Waals surface area (Å²) in [4.78, 5) is 2.67. The highest BCUT2D eigenvalue weighted by molar-refractivity contribution is 6.58. The molecule has 1 saturated carbocycles. The zero-order valence-electron chi connectivity index (χ0n) is 13.1. The van der Waals surface area contributed by atoms with Crippen LogP contribution in [0.15, 0.2) is 24.3 Å². The van der Waals surface area contributed by atoms with E-state index in [2.05, 4.69) is 24.0 Å². The van der Waals surface area contributed by atoms with Gasteiger partial charge in [0.2, 0.25) is 0 Å². The van der Waals surface area contributed by atoms with Crippen molar-refractivity contribution in [3.05, 3.63) is 29.8 Å². The van der Waals surface area contributed by atoms with Crippen molar-refractivity contribution in [2.75, 3.05) is 26.3 Å². The molecule has 0 radical (unpaired) electrons. The van der Waals surface area contributed by atoms with Crippen molar-refractivity contribution in [2.24, 2.45) is 11.8 Å². The van der Waals surface area contributed by atoms with Gasteiger partial charge in [-0.05, 0) is 35.7 Å². The van der Waals surface area contributed by atoms with Gasteiger partial charge in [-0.25, -0.2) is 0 Å². The van der Waals surface area contributed by atoms with E-state index in [1.54, 1.807) is 0 Å². The normalized spacial score (nSPS) is 35.4. The van der Waals surface area contributed by atoms with Gasteiger partial charge in [0, 0.05) is 37.8 Å². The summed E-state index contributed by atoms with van der Waals surface area (Å²) in [6.45, 7) is 6.51. The Kier molecular flexibility index (Phi) is 3.57. The van der Waals surface area contributed by atoms with Crippen molar-refractivity contribution in [3.63, 3.8) is 0 Å².